The van der Waals surface area contributed by atoms with Gasteiger partial charge in [0.05, 0.1) is 10.4 Å². The van der Waals surface area contributed by atoms with Crippen molar-refractivity contribution in [3.8, 4) is 0 Å². The first-order chi connectivity index (χ1) is 5.12. The molecular formula is C9H12ClN. The van der Waals surface area contributed by atoms with Gasteiger partial charge in [0, 0.05) is 0 Å². The van der Waals surface area contributed by atoms with E-state index < -0.39 is 0 Å². The summed E-state index contributed by atoms with van der Waals surface area (Å²) >= 11 is 6.27. The first-order valence-corrected chi connectivity index (χ1v) is 4.26. The average Bonchev–Trinajstić information content (AvgIpc) is 2.57. The van der Waals surface area contributed by atoms with Crippen molar-refractivity contribution < 1.29 is 0 Å². The van der Waals surface area contributed by atoms with E-state index in [9.17, 15) is 0 Å². The molecule has 0 aromatic heterocycles. The molecule has 0 aliphatic heterocycles. The number of nitrogens with one attached hydrogen (secondary N) is 1. The lowest BCUT2D eigenvalue weighted by Crippen LogP contribution is -2.33. The van der Waals surface area contributed by atoms with Crippen LogP contribution in [0.4, 0.5) is 0 Å². The molecular weight excluding hydrogens is 158 g/mol. The number of allylic oxidation sites excluding steroid dienone is 2. The Bertz CT molecular complexity index is 256. The fourth-order valence-electron chi connectivity index (χ4n) is 1.81. The Kier molecular flexibility index (Phi) is 1.28. The van der Waals surface area contributed by atoms with Crippen molar-refractivity contribution in [1.29, 1.82) is 0 Å². The van der Waals surface area contributed by atoms with Crippen molar-refractivity contribution in [3.63, 3.8) is 0 Å². The van der Waals surface area contributed by atoms with Gasteiger partial charge in [-0.3, -0.25) is 0 Å². The molecule has 1 unspecified atom stereocenters. The number of alkyl halides is 1. The Morgan fingerprint density at radius 2 is 2.36 bits per heavy atom. The summed E-state index contributed by atoms with van der Waals surface area (Å²) < 4.78 is 0. The number of halogens is 1. The number of hydrogen-bond acceptors (Lipinski definition) is 1. The van der Waals surface area contributed by atoms with Crippen LogP contribution in [-0.4, -0.2) is 17.5 Å². The standard InChI is InChI=1S/C9H12ClN/c1-7-3-4-8(10)6-9(8,5-7)11-2/h3-5,11H,6H2,1-2H3/t8-,9?/m1/s1. The van der Waals surface area contributed by atoms with Gasteiger partial charge in [-0.15, -0.1) is 11.6 Å². The number of hydrogen-bond donors (Lipinski definition) is 1. The minimum Gasteiger partial charge on any atom is -0.309 e. The van der Waals surface area contributed by atoms with Gasteiger partial charge in [-0.2, -0.15) is 0 Å². The van der Waals surface area contributed by atoms with E-state index in [2.05, 4.69) is 30.5 Å². The average molecular weight is 170 g/mol. The Labute approximate surface area is 72.1 Å². The quantitative estimate of drug-likeness (QED) is 0.591. The molecule has 0 amide bonds. The highest BCUT2D eigenvalue weighted by atomic mass is 35.5. The molecule has 2 aliphatic carbocycles. The van der Waals surface area contributed by atoms with E-state index >= 15 is 0 Å². The lowest BCUT2D eigenvalue weighted by Gasteiger charge is -2.18. The zero-order valence-electron chi connectivity index (χ0n) is 6.82. The summed E-state index contributed by atoms with van der Waals surface area (Å²) in [6.45, 7) is 2.10. The van der Waals surface area contributed by atoms with Gasteiger partial charge in [0.1, 0.15) is 0 Å². The number of fused-ring (bicyclic) bond motifs is 1. The Hall–Kier alpha value is -0.270. The molecule has 2 aliphatic rings. The Morgan fingerprint density at radius 3 is 2.91 bits per heavy atom. The molecule has 0 heterocycles. The largest absolute Gasteiger partial charge is 0.309 e. The van der Waals surface area contributed by atoms with E-state index in [4.69, 9.17) is 11.6 Å². The maximum atomic E-state index is 6.27. The van der Waals surface area contributed by atoms with Gasteiger partial charge in [0.15, 0.2) is 0 Å². The van der Waals surface area contributed by atoms with E-state index in [-0.39, 0.29) is 10.4 Å². The van der Waals surface area contributed by atoms with Crippen molar-refractivity contribution in [2.45, 2.75) is 23.8 Å². The molecule has 0 spiro atoms. The van der Waals surface area contributed by atoms with Gasteiger partial charge in [-0.05, 0) is 20.4 Å². The number of rotatable bonds is 1. The van der Waals surface area contributed by atoms with Crippen LogP contribution in [0.3, 0.4) is 0 Å². The second-order valence-electron chi connectivity index (χ2n) is 3.48. The molecule has 0 aromatic carbocycles. The van der Waals surface area contributed by atoms with Crippen LogP contribution in [-0.2, 0) is 0 Å². The molecule has 0 bridgehead atoms. The highest BCUT2D eigenvalue weighted by molar-refractivity contribution is 6.29. The summed E-state index contributed by atoms with van der Waals surface area (Å²) in [6, 6.07) is 0. The van der Waals surface area contributed by atoms with Crippen molar-refractivity contribution in [2.75, 3.05) is 7.05 Å². The normalized spacial score (nSPS) is 46.6. The third-order valence-corrected chi connectivity index (χ3v) is 3.28. The van der Waals surface area contributed by atoms with Crippen LogP contribution in [0.25, 0.3) is 0 Å². The molecule has 1 fully saturated rings. The highest BCUT2D eigenvalue weighted by Crippen LogP contribution is 2.57. The molecule has 2 rings (SSSR count). The summed E-state index contributed by atoms with van der Waals surface area (Å²) in [5.41, 5.74) is 1.36. The lowest BCUT2D eigenvalue weighted by molar-refractivity contribution is 0.641. The zero-order chi connectivity index (χ0) is 8.11. The molecule has 1 N–H and O–H groups in total. The molecule has 60 valence electrons. The first-order valence-electron chi connectivity index (χ1n) is 3.88. The minimum atomic E-state index is -0.124. The molecule has 0 aromatic rings. The second-order valence-corrected chi connectivity index (χ2v) is 4.16. The Balaban J connectivity index is 2.35. The molecule has 1 saturated carbocycles. The third kappa shape index (κ3) is 0.814. The summed E-state index contributed by atoms with van der Waals surface area (Å²) in [7, 11) is 1.97. The predicted molar refractivity (Wildman–Crippen MR) is 47.9 cm³/mol. The van der Waals surface area contributed by atoms with Crippen molar-refractivity contribution in [1.82, 2.24) is 5.32 Å². The second kappa shape index (κ2) is 1.90. The van der Waals surface area contributed by atoms with Crippen molar-refractivity contribution >= 4 is 11.6 Å². The van der Waals surface area contributed by atoms with Crippen molar-refractivity contribution in [2.24, 2.45) is 0 Å². The maximum Gasteiger partial charge on any atom is 0.0868 e. The van der Waals surface area contributed by atoms with Gasteiger partial charge >= 0.3 is 0 Å². The lowest BCUT2D eigenvalue weighted by atomic mass is 10.0. The van der Waals surface area contributed by atoms with Gasteiger partial charge in [-0.25, -0.2) is 0 Å². The topological polar surface area (TPSA) is 12.0 Å². The van der Waals surface area contributed by atoms with Crippen LogP contribution in [0, 0.1) is 0 Å². The molecule has 0 saturated heterocycles. The van der Waals surface area contributed by atoms with Crippen LogP contribution in [0.15, 0.2) is 23.8 Å². The van der Waals surface area contributed by atoms with Crippen LogP contribution in [0.2, 0.25) is 0 Å². The smallest absolute Gasteiger partial charge is 0.0868 e. The van der Waals surface area contributed by atoms with E-state index in [1.165, 1.54) is 5.57 Å². The van der Waals surface area contributed by atoms with Gasteiger partial charge < -0.3 is 5.32 Å². The van der Waals surface area contributed by atoms with E-state index in [1.807, 2.05) is 7.05 Å². The van der Waals surface area contributed by atoms with Crippen LogP contribution >= 0.6 is 11.6 Å². The summed E-state index contributed by atoms with van der Waals surface area (Å²) in [4.78, 5) is -0.124. The maximum absolute atomic E-state index is 6.27. The molecule has 0 radical (unpaired) electrons. The highest BCUT2D eigenvalue weighted by Gasteiger charge is 2.64. The molecule has 1 nitrogen and oxygen atoms in total. The van der Waals surface area contributed by atoms with Crippen LogP contribution < -0.4 is 5.32 Å². The summed E-state index contributed by atoms with van der Waals surface area (Å²) in [5, 5.41) is 3.27. The SMILES string of the molecule is CNC12C=C(C)C=C[C@@]1(Cl)C2. The van der Waals surface area contributed by atoms with Crippen molar-refractivity contribution in [3.05, 3.63) is 23.8 Å². The predicted octanol–water partition coefficient (Wildman–Crippen LogP) is 1.84. The summed E-state index contributed by atoms with van der Waals surface area (Å²) in [5.74, 6) is 0. The summed E-state index contributed by atoms with van der Waals surface area (Å²) in [6.07, 6.45) is 7.43. The molecule has 11 heavy (non-hydrogen) atoms. The van der Waals surface area contributed by atoms with E-state index in [0.717, 1.165) is 6.42 Å². The zero-order valence-corrected chi connectivity index (χ0v) is 7.57. The minimum absolute atomic E-state index is 0.0629. The fraction of sp³-hybridized carbons (Fsp3) is 0.556. The van der Waals surface area contributed by atoms with Gasteiger partial charge in [-0.1, -0.05) is 23.8 Å². The van der Waals surface area contributed by atoms with Crippen LogP contribution in [0.5, 0.6) is 0 Å². The van der Waals surface area contributed by atoms with Gasteiger partial charge in [0.2, 0.25) is 0 Å². The molecule has 2 heteroatoms. The fourth-order valence-corrected chi connectivity index (χ4v) is 2.23. The van der Waals surface area contributed by atoms with Gasteiger partial charge in [0.25, 0.3) is 0 Å². The van der Waals surface area contributed by atoms with E-state index in [1.54, 1.807) is 0 Å². The first kappa shape index (κ1) is 7.38. The van der Waals surface area contributed by atoms with Crippen LogP contribution in [0.1, 0.15) is 13.3 Å². The Morgan fingerprint density at radius 1 is 1.64 bits per heavy atom. The third-order valence-electron chi connectivity index (χ3n) is 2.68. The number of likely N-dealkylation sites (N-methyl/N-ethyl adjacent to an activating group) is 1. The molecule has 2 atom stereocenters. The monoisotopic (exact) mass is 169 g/mol. The van der Waals surface area contributed by atoms with E-state index in [0.29, 0.717) is 0 Å².